The summed E-state index contributed by atoms with van der Waals surface area (Å²) >= 11 is 2.18. The van der Waals surface area contributed by atoms with Crippen LogP contribution in [0.15, 0.2) is 60.9 Å². The van der Waals surface area contributed by atoms with Crippen LogP contribution >= 0.6 is 22.6 Å². The third-order valence-electron chi connectivity index (χ3n) is 3.94. The molecule has 0 saturated heterocycles. The Balaban J connectivity index is 1.39. The highest BCUT2D eigenvalue weighted by Gasteiger charge is 2.21. The van der Waals surface area contributed by atoms with Crippen molar-refractivity contribution in [2.45, 2.75) is 12.6 Å². The first-order chi connectivity index (χ1) is 12.7. The molecule has 1 aliphatic heterocycles. The summed E-state index contributed by atoms with van der Waals surface area (Å²) in [7, 11) is 0. The van der Waals surface area contributed by atoms with Gasteiger partial charge in [0.15, 0.2) is 17.6 Å². The number of nitrogens with one attached hydrogen (secondary N) is 1. The van der Waals surface area contributed by atoms with Crippen LogP contribution in [0.2, 0.25) is 0 Å². The molecular weight excluding hydrogens is 445 g/mol. The molecular formula is C19H16IN3O3. The number of hydrogen-bond acceptors (Lipinski definition) is 4. The maximum atomic E-state index is 12.3. The molecule has 0 fully saturated rings. The Morgan fingerprint density at radius 1 is 1.23 bits per heavy atom. The summed E-state index contributed by atoms with van der Waals surface area (Å²) in [6, 6.07) is 15.0. The second-order valence-corrected chi connectivity index (χ2v) is 7.16. The van der Waals surface area contributed by atoms with Crippen LogP contribution in [-0.4, -0.2) is 28.4 Å². The molecule has 1 N–H and O–H groups in total. The van der Waals surface area contributed by atoms with Crippen LogP contribution in [0.25, 0.3) is 0 Å². The number of ether oxygens (including phenoxy) is 2. The van der Waals surface area contributed by atoms with Gasteiger partial charge < -0.3 is 14.8 Å². The van der Waals surface area contributed by atoms with Crippen molar-refractivity contribution >= 4 is 34.2 Å². The lowest BCUT2D eigenvalue weighted by Crippen LogP contribution is -2.33. The van der Waals surface area contributed by atoms with E-state index < -0.39 is 0 Å². The Hall–Kier alpha value is -2.55. The van der Waals surface area contributed by atoms with Gasteiger partial charge in [-0.15, -0.1) is 0 Å². The van der Waals surface area contributed by atoms with Crippen molar-refractivity contribution < 1.29 is 14.3 Å². The lowest BCUT2D eigenvalue weighted by molar-refractivity contribution is 0.0759. The number of fused-ring (bicyclic) bond motifs is 1. The van der Waals surface area contributed by atoms with E-state index >= 15 is 0 Å². The molecule has 2 aromatic carbocycles. The van der Waals surface area contributed by atoms with Gasteiger partial charge in [0.25, 0.3) is 5.91 Å². The molecule has 2 heterocycles. The fourth-order valence-electron chi connectivity index (χ4n) is 2.72. The Morgan fingerprint density at radius 3 is 2.92 bits per heavy atom. The van der Waals surface area contributed by atoms with Gasteiger partial charge in [-0.25, -0.2) is 0 Å². The van der Waals surface area contributed by atoms with Crippen molar-refractivity contribution in [2.75, 3.05) is 11.9 Å². The van der Waals surface area contributed by atoms with Gasteiger partial charge in [-0.3, -0.25) is 9.48 Å². The molecule has 1 aromatic heterocycles. The molecule has 0 saturated carbocycles. The van der Waals surface area contributed by atoms with Crippen LogP contribution in [0.5, 0.6) is 11.5 Å². The van der Waals surface area contributed by atoms with E-state index in [-0.39, 0.29) is 12.0 Å². The SMILES string of the molecule is O=C(Nc1cnn(CC2COc3ccccc3O2)c1)c1cccc(I)c1. The van der Waals surface area contributed by atoms with Gasteiger partial charge in [0.2, 0.25) is 0 Å². The minimum absolute atomic E-state index is 0.135. The number of halogens is 1. The quantitative estimate of drug-likeness (QED) is 0.604. The summed E-state index contributed by atoms with van der Waals surface area (Å²) in [5.74, 6) is 1.34. The predicted molar refractivity (Wildman–Crippen MR) is 106 cm³/mol. The Kier molecular flexibility index (Phi) is 4.79. The molecule has 0 bridgehead atoms. The van der Waals surface area contributed by atoms with Crippen molar-refractivity contribution in [1.82, 2.24) is 9.78 Å². The van der Waals surface area contributed by atoms with Crippen molar-refractivity contribution in [3.63, 3.8) is 0 Å². The summed E-state index contributed by atoms with van der Waals surface area (Å²) in [5, 5.41) is 7.16. The minimum atomic E-state index is -0.158. The van der Waals surface area contributed by atoms with Crippen LogP contribution in [0.3, 0.4) is 0 Å². The van der Waals surface area contributed by atoms with Crippen LogP contribution in [0.4, 0.5) is 5.69 Å². The summed E-state index contributed by atoms with van der Waals surface area (Å²) in [6.45, 7) is 0.995. The fraction of sp³-hybridized carbons (Fsp3) is 0.158. The van der Waals surface area contributed by atoms with Gasteiger partial charge in [-0.2, -0.15) is 5.10 Å². The normalized spacial score (nSPS) is 15.5. The van der Waals surface area contributed by atoms with Crippen LogP contribution < -0.4 is 14.8 Å². The zero-order valence-electron chi connectivity index (χ0n) is 13.8. The zero-order valence-corrected chi connectivity index (χ0v) is 15.9. The number of benzene rings is 2. The standard InChI is InChI=1S/C19H16IN3O3/c20-14-5-3-4-13(8-14)19(24)22-15-9-21-23(10-15)11-16-12-25-17-6-1-2-7-18(17)26-16/h1-10,16H,11-12H2,(H,22,24). The van der Waals surface area contributed by atoms with Gasteiger partial charge in [-0.1, -0.05) is 18.2 Å². The average Bonchev–Trinajstić information content (AvgIpc) is 3.08. The van der Waals surface area contributed by atoms with E-state index in [0.717, 1.165) is 15.1 Å². The molecule has 1 aliphatic rings. The smallest absolute Gasteiger partial charge is 0.255 e. The summed E-state index contributed by atoms with van der Waals surface area (Å²) in [6.07, 6.45) is 3.28. The molecule has 7 heteroatoms. The maximum Gasteiger partial charge on any atom is 0.255 e. The molecule has 1 atom stereocenters. The Labute approximate surface area is 164 Å². The Morgan fingerprint density at radius 2 is 2.08 bits per heavy atom. The molecule has 3 aromatic rings. The van der Waals surface area contributed by atoms with Crippen LogP contribution in [0, 0.1) is 3.57 Å². The van der Waals surface area contributed by atoms with Crippen molar-refractivity contribution in [3.8, 4) is 11.5 Å². The van der Waals surface area contributed by atoms with Crippen LogP contribution in [0.1, 0.15) is 10.4 Å². The third kappa shape index (κ3) is 3.82. The number of hydrogen-bond donors (Lipinski definition) is 1. The number of amides is 1. The molecule has 6 nitrogen and oxygen atoms in total. The van der Waals surface area contributed by atoms with E-state index in [1.807, 2.05) is 42.5 Å². The van der Waals surface area contributed by atoms with E-state index in [1.54, 1.807) is 23.1 Å². The molecule has 0 aliphatic carbocycles. The highest BCUT2D eigenvalue weighted by Crippen LogP contribution is 2.31. The number of anilines is 1. The summed E-state index contributed by atoms with van der Waals surface area (Å²) < 4.78 is 14.4. The van der Waals surface area contributed by atoms with E-state index in [0.29, 0.717) is 24.4 Å². The number of aromatic nitrogens is 2. The van der Waals surface area contributed by atoms with Crippen molar-refractivity contribution in [1.29, 1.82) is 0 Å². The van der Waals surface area contributed by atoms with E-state index in [9.17, 15) is 4.79 Å². The molecule has 4 rings (SSSR count). The first kappa shape index (κ1) is 16.9. The van der Waals surface area contributed by atoms with E-state index in [4.69, 9.17) is 9.47 Å². The van der Waals surface area contributed by atoms with Gasteiger partial charge in [-0.05, 0) is 52.9 Å². The van der Waals surface area contributed by atoms with Gasteiger partial charge in [0, 0.05) is 15.3 Å². The molecule has 1 unspecified atom stereocenters. The zero-order chi connectivity index (χ0) is 17.9. The average molecular weight is 461 g/mol. The van der Waals surface area contributed by atoms with Crippen molar-refractivity contribution in [3.05, 3.63) is 70.1 Å². The second kappa shape index (κ2) is 7.36. The maximum absolute atomic E-state index is 12.3. The summed E-state index contributed by atoms with van der Waals surface area (Å²) in [4.78, 5) is 12.3. The second-order valence-electron chi connectivity index (χ2n) is 5.91. The first-order valence-electron chi connectivity index (χ1n) is 8.15. The number of rotatable bonds is 4. The topological polar surface area (TPSA) is 65.4 Å². The molecule has 0 spiro atoms. The van der Waals surface area contributed by atoms with E-state index in [1.165, 1.54) is 0 Å². The largest absolute Gasteiger partial charge is 0.486 e. The summed E-state index contributed by atoms with van der Waals surface area (Å²) in [5.41, 5.74) is 1.26. The lowest BCUT2D eigenvalue weighted by atomic mass is 10.2. The third-order valence-corrected chi connectivity index (χ3v) is 4.61. The lowest BCUT2D eigenvalue weighted by Gasteiger charge is -2.26. The number of carbonyl (C=O) groups is 1. The molecule has 26 heavy (non-hydrogen) atoms. The van der Waals surface area contributed by atoms with Gasteiger partial charge in [0.05, 0.1) is 18.4 Å². The Bertz CT molecular complexity index is 941. The monoisotopic (exact) mass is 461 g/mol. The predicted octanol–water partition coefficient (Wildman–Crippen LogP) is 3.58. The van der Waals surface area contributed by atoms with Crippen LogP contribution in [-0.2, 0) is 6.54 Å². The molecule has 132 valence electrons. The number of para-hydroxylation sites is 2. The molecule has 0 radical (unpaired) electrons. The number of carbonyl (C=O) groups excluding carboxylic acids is 1. The van der Waals surface area contributed by atoms with Crippen molar-refractivity contribution in [2.24, 2.45) is 0 Å². The fourth-order valence-corrected chi connectivity index (χ4v) is 3.27. The highest BCUT2D eigenvalue weighted by molar-refractivity contribution is 14.1. The van der Waals surface area contributed by atoms with Gasteiger partial charge in [0.1, 0.15) is 6.61 Å². The van der Waals surface area contributed by atoms with Gasteiger partial charge >= 0.3 is 0 Å². The van der Waals surface area contributed by atoms with E-state index in [2.05, 4.69) is 33.0 Å². The first-order valence-corrected chi connectivity index (χ1v) is 9.23. The highest BCUT2D eigenvalue weighted by atomic mass is 127. The number of nitrogens with zero attached hydrogens (tertiary/aromatic N) is 2. The minimum Gasteiger partial charge on any atom is -0.486 e. The molecule has 1 amide bonds.